The van der Waals surface area contributed by atoms with E-state index in [0.29, 0.717) is 11.0 Å². The third-order valence-electron chi connectivity index (χ3n) is 5.74. The predicted molar refractivity (Wildman–Crippen MR) is 133 cm³/mol. The molecule has 9 nitrogen and oxygen atoms in total. The molecule has 0 atom stereocenters. The Balaban J connectivity index is 1.74. The van der Waals surface area contributed by atoms with Gasteiger partial charge < -0.3 is 5.73 Å². The molecule has 0 aliphatic heterocycles. The second-order valence-corrected chi connectivity index (χ2v) is 8.90. The van der Waals surface area contributed by atoms with Crippen LogP contribution in [-0.4, -0.2) is 35.4 Å². The Hall–Kier alpha value is -3.92. The Bertz CT molecular complexity index is 1520. The molecule has 0 aliphatic rings. The topological polar surface area (TPSA) is 118 Å². The van der Waals surface area contributed by atoms with Crippen LogP contribution >= 0.6 is 11.8 Å². The molecule has 0 radical (unpaired) electrons. The molecule has 0 aliphatic carbocycles. The lowest BCUT2D eigenvalue weighted by atomic mass is 10.1. The third-order valence-corrected chi connectivity index (χ3v) is 6.66. The summed E-state index contributed by atoms with van der Waals surface area (Å²) in [6.07, 6.45) is 0. The fraction of sp³-hybridized carbons (Fsp3) is 0.208. The van der Waals surface area contributed by atoms with Crippen molar-refractivity contribution < 1.29 is 4.79 Å². The summed E-state index contributed by atoms with van der Waals surface area (Å²) in [5.41, 5.74) is 8.43. The van der Waals surface area contributed by atoms with Gasteiger partial charge >= 0.3 is 5.69 Å². The molecular weight excluding hydrogens is 452 g/mol. The quantitative estimate of drug-likeness (QED) is 0.336. The number of hydrogen-bond acceptors (Lipinski definition) is 7. The van der Waals surface area contributed by atoms with Crippen LogP contribution in [-0.2, 0) is 14.1 Å². The zero-order valence-electron chi connectivity index (χ0n) is 19.3. The first-order valence-corrected chi connectivity index (χ1v) is 11.5. The van der Waals surface area contributed by atoms with E-state index < -0.39 is 17.0 Å². The average molecular weight is 477 g/mol. The number of aromatic nitrogens is 5. The highest BCUT2D eigenvalue weighted by Crippen LogP contribution is 2.29. The maximum Gasteiger partial charge on any atom is 0.332 e. The number of ketones is 1. The number of benzene rings is 2. The number of Topliss-reactive ketones (excluding diaryl/α,β-unsaturated/α-hetero) is 1. The second-order valence-electron chi connectivity index (χ2n) is 7.95. The molecule has 0 saturated carbocycles. The third kappa shape index (κ3) is 4.08. The predicted octanol–water partition coefficient (Wildman–Crippen LogP) is 2.51. The zero-order chi connectivity index (χ0) is 24.6. The lowest BCUT2D eigenvalue weighted by Crippen LogP contribution is -2.41. The first kappa shape index (κ1) is 23.2. The van der Waals surface area contributed by atoms with E-state index in [2.05, 4.69) is 10.2 Å². The number of hydrogen-bond donors (Lipinski definition) is 1. The Morgan fingerprint density at radius 3 is 2.35 bits per heavy atom. The minimum absolute atomic E-state index is 0.102. The molecule has 0 bridgehead atoms. The summed E-state index contributed by atoms with van der Waals surface area (Å²) in [5.74, 6) is -0.111. The van der Waals surface area contributed by atoms with Crippen molar-refractivity contribution in [2.24, 2.45) is 14.1 Å². The number of nitrogen functional groups attached to an aromatic ring is 1. The maximum absolute atomic E-state index is 13.0. The Labute approximate surface area is 199 Å². The first-order valence-electron chi connectivity index (χ1n) is 10.5. The summed E-state index contributed by atoms with van der Waals surface area (Å²) in [4.78, 5) is 37.6. The van der Waals surface area contributed by atoms with Gasteiger partial charge in [-0.2, -0.15) is 0 Å². The molecule has 10 heteroatoms. The minimum atomic E-state index is -0.716. The molecule has 2 N–H and O–H groups in total. The molecule has 0 unspecified atom stereocenters. The van der Waals surface area contributed by atoms with Gasteiger partial charge in [-0.1, -0.05) is 48.2 Å². The van der Waals surface area contributed by atoms with Crippen molar-refractivity contribution in [2.75, 3.05) is 11.5 Å². The van der Waals surface area contributed by atoms with E-state index in [1.54, 1.807) is 0 Å². The SMILES string of the molecule is Cc1ccc(-n2c(SCC(=O)c3c(N)n(C)c(=O)n(C)c3=O)nnc2-c2ccccc2)cc1C. The highest BCUT2D eigenvalue weighted by Gasteiger charge is 2.23. The summed E-state index contributed by atoms with van der Waals surface area (Å²) in [6.45, 7) is 4.07. The monoisotopic (exact) mass is 476 g/mol. The van der Waals surface area contributed by atoms with E-state index in [1.807, 2.05) is 66.9 Å². The summed E-state index contributed by atoms with van der Waals surface area (Å²) in [7, 11) is 2.74. The van der Waals surface area contributed by atoms with E-state index in [-0.39, 0.29) is 17.1 Å². The Morgan fingerprint density at radius 2 is 1.68 bits per heavy atom. The summed E-state index contributed by atoms with van der Waals surface area (Å²) in [5, 5.41) is 9.22. The van der Waals surface area contributed by atoms with Crippen LogP contribution in [0.15, 0.2) is 63.3 Å². The molecule has 0 fully saturated rings. The summed E-state index contributed by atoms with van der Waals surface area (Å²) in [6, 6.07) is 15.7. The number of nitrogens with two attached hydrogens (primary N) is 1. The number of thioether (sulfide) groups is 1. The molecule has 2 aromatic carbocycles. The van der Waals surface area contributed by atoms with Crippen molar-refractivity contribution in [3.63, 3.8) is 0 Å². The fourth-order valence-corrected chi connectivity index (χ4v) is 4.38. The van der Waals surface area contributed by atoms with Crippen LogP contribution in [0.2, 0.25) is 0 Å². The molecule has 174 valence electrons. The van der Waals surface area contributed by atoms with Crippen LogP contribution in [0, 0.1) is 13.8 Å². The minimum Gasteiger partial charge on any atom is -0.384 e. The average Bonchev–Trinajstić information content (AvgIpc) is 3.26. The molecular formula is C24H24N6O3S. The molecule has 4 aromatic rings. The number of rotatable bonds is 6. The first-order chi connectivity index (χ1) is 16.2. The molecule has 0 saturated heterocycles. The highest BCUT2D eigenvalue weighted by molar-refractivity contribution is 7.99. The van der Waals surface area contributed by atoms with Crippen molar-refractivity contribution in [2.45, 2.75) is 19.0 Å². The van der Waals surface area contributed by atoms with Gasteiger partial charge in [-0.15, -0.1) is 10.2 Å². The zero-order valence-corrected chi connectivity index (χ0v) is 20.1. The smallest absolute Gasteiger partial charge is 0.332 e. The van der Waals surface area contributed by atoms with E-state index in [0.717, 1.165) is 43.3 Å². The van der Waals surface area contributed by atoms with Crippen molar-refractivity contribution >= 4 is 23.4 Å². The van der Waals surface area contributed by atoms with Gasteiger partial charge in [0.25, 0.3) is 5.56 Å². The lowest BCUT2D eigenvalue weighted by Gasteiger charge is -2.13. The molecule has 0 amide bonds. The van der Waals surface area contributed by atoms with Gasteiger partial charge in [0, 0.05) is 19.7 Å². The fourth-order valence-electron chi connectivity index (χ4n) is 3.56. The molecule has 2 aromatic heterocycles. The van der Waals surface area contributed by atoms with E-state index in [9.17, 15) is 14.4 Å². The van der Waals surface area contributed by atoms with Gasteiger partial charge in [0.15, 0.2) is 16.8 Å². The van der Waals surface area contributed by atoms with Gasteiger partial charge in [0.2, 0.25) is 0 Å². The van der Waals surface area contributed by atoms with Gasteiger partial charge in [-0.05, 0) is 37.1 Å². The van der Waals surface area contributed by atoms with Crippen molar-refractivity contribution in [1.82, 2.24) is 23.9 Å². The van der Waals surface area contributed by atoms with E-state index in [4.69, 9.17) is 5.73 Å². The van der Waals surface area contributed by atoms with Crippen molar-refractivity contribution in [3.8, 4) is 17.1 Å². The van der Waals surface area contributed by atoms with Crippen LogP contribution in [0.25, 0.3) is 17.1 Å². The van der Waals surface area contributed by atoms with Crippen LogP contribution in [0.5, 0.6) is 0 Å². The van der Waals surface area contributed by atoms with Crippen LogP contribution in [0.1, 0.15) is 21.5 Å². The number of carbonyl (C=O) groups excluding carboxylic acids is 1. The van der Waals surface area contributed by atoms with Gasteiger partial charge in [0.05, 0.1) is 11.4 Å². The molecule has 0 spiro atoms. The molecule has 34 heavy (non-hydrogen) atoms. The number of nitrogens with zero attached hydrogens (tertiary/aromatic N) is 5. The van der Waals surface area contributed by atoms with Crippen LogP contribution in [0.3, 0.4) is 0 Å². The van der Waals surface area contributed by atoms with E-state index in [1.165, 1.54) is 14.1 Å². The molecule has 2 heterocycles. The summed E-state index contributed by atoms with van der Waals surface area (Å²) >= 11 is 1.15. The van der Waals surface area contributed by atoms with Crippen LogP contribution in [0.4, 0.5) is 5.82 Å². The van der Waals surface area contributed by atoms with Crippen LogP contribution < -0.4 is 17.0 Å². The summed E-state index contributed by atoms with van der Waals surface area (Å²) < 4.78 is 3.85. The standard InChI is InChI=1S/C24H24N6O3S/c1-14-10-11-17(12-15(14)2)30-21(16-8-6-5-7-9-16)26-27-23(30)34-13-18(31)19-20(25)28(3)24(33)29(4)22(19)32/h5-12H,13,25H2,1-4H3. The Morgan fingerprint density at radius 1 is 0.971 bits per heavy atom. The lowest BCUT2D eigenvalue weighted by molar-refractivity contribution is 0.102. The normalized spacial score (nSPS) is 11.1. The molecule has 4 rings (SSSR count). The highest BCUT2D eigenvalue weighted by atomic mass is 32.2. The Kier molecular flexibility index (Phi) is 6.25. The van der Waals surface area contributed by atoms with Gasteiger partial charge in [0.1, 0.15) is 11.4 Å². The second kappa shape index (κ2) is 9.14. The van der Waals surface area contributed by atoms with E-state index >= 15 is 0 Å². The van der Waals surface area contributed by atoms with Gasteiger partial charge in [-0.25, -0.2) is 4.79 Å². The van der Waals surface area contributed by atoms with Gasteiger partial charge in [-0.3, -0.25) is 23.3 Å². The maximum atomic E-state index is 13.0. The number of aryl methyl sites for hydroxylation is 2. The van der Waals surface area contributed by atoms with Crippen molar-refractivity contribution in [1.29, 1.82) is 0 Å². The van der Waals surface area contributed by atoms with Crippen molar-refractivity contribution in [3.05, 3.63) is 86.1 Å². The number of carbonyl (C=O) groups is 1. The largest absolute Gasteiger partial charge is 0.384 e. The number of anilines is 1.